The van der Waals surface area contributed by atoms with E-state index in [1.165, 1.54) is 0 Å². The molecule has 0 saturated heterocycles. The average Bonchev–Trinajstić information content (AvgIpc) is 2.38. The molecule has 1 aromatic heterocycles. The predicted molar refractivity (Wildman–Crippen MR) is 75.9 cm³/mol. The number of anilines is 1. The Hall–Kier alpha value is -1.13. The van der Waals surface area contributed by atoms with Crippen LogP contribution in [0.1, 0.15) is 39.3 Å². The van der Waals surface area contributed by atoms with Gasteiger partial charge in [-0.2, -0.15) is 0 Å². The largest absolute Gasteiger partial charge is 0.394 e. The van der Waals surface area contributed by atoms with Gasteiger partial charge >= 0.3 is 0 Å². The second-order valence-electron chi connectivity index (χ2n) is 5.23. The molecule has 1 unspecified atom stereocenters. The summed E-state index contributed by atoms with van der Waals surface area (Å²) in [6.07, 6.45) is 1.79. The van der Waals surface area contributed by atoms with Crippen LogP contribution in [0, 0.1) is 0 Å². The molecule has 0 aliphatic rings. The zero-order valence-corrected chi connectivity index (χ0v) is 12.1. The lowest BCUT2D eigenvalue weighted by Crippen LogP contribution is -2.45. The van der Waals surface area contributed by atoms with Crippen LogP contribution >= 0.6 is 0 Å². The molecule has 0 radical (unpaired) electrons. The SMILES string of the molecule is CCNC(C)c1cccnc1N(C)C(C)(C)CO. The molecular weight excluding hydrogens is 226 g/mol. The first-order valence-electron chi connectivity index (χ1n) is 6.47. The summed E-state index contributed by atoms with van der Waals surface area (Å²) in [5, 5.41) is 12.9. The highest BCUT2D eigenvalue weighted by Gasteiger charge is 2.26. The Morgan fingerprint density at radius 3 is 2.72 bits per heavy atom. The van der Waals surface area contributed by atoms with Gasteiger partial charge in [0, 0.05) is 24.8 Å². The molecule has 4 heteroatoms. The minimum absolute atomic E-state index is 0.0924. The van der Waals surface area contributed by atoms with Crippen LogP contribution in [0.4, 0.5) is 5.82 Å². The number of aromatic nitrogens is 1. The van der Waals surface area contributed by atoms with E-state index in [-0.39, 0.29) is 18.2 Å². The van der Waals surface area contributed by atoms with Gasteiger partial charge in [0.15, 0.2) is 0 Å². The second-order valence-corrected chi connectivity index (χ2v) is 5.23. The van der Waals surface area contributed by atoms with Crippen molar-refractivity contribution >= 4 is 5.82 Å². The van der Waals surface area contributed by atoms with Crippen molar-refractivity contribution in [3.05, 3.63) is 23.9 Å². The van der Waals surface area contributed by atoms with Crippen molar-refractivity contribution in [2.75, 3.05) is 25.1 Å². The van der Waals surface area contributed by atoms with Crippen LogP contribution in [0.15, 0.2) is 18.3 Å². The maximum Gasteiger partial charge on any atom is 0.133 e. The standard InChI is InChI=1S/C14H25N3O/c1-6-15-11(2)12-8-7-9-16-13(12)17(5)14(3,4)10-18/h7-9,11,15,18H,6,10H2,1-5H3. The first-order chi connectivity index (χ1) is 8.44. The molecule has 1 aromatic rings. The van der Waals surface area contributed by atoms with Crippen LogP contribution in [-0.4, -0.2) is 35.8 Å². The van der Waals surface area contributed by atoms with Crippen molar-refractivity contribution in [1.82, 2.24) is 10.3 Å². The molecule has 1 heterocycles. The molecule has 0 saturated carbocycles. The molecule has 2 N–H and O–H groups in total. The van der Waals surface area contributed by atoms with Gasteiger partial charge in [-0.15, -0.1) is 0 Å². The lowest BCUT2D eigenvalue weighted by Gasteiger charge is -2.36. The number of likely N-dealkylation sites (N-methyl/N-ethyl adjacent to an activating group) is 1. The van der Waals surface area contributed by atoms with Crippen molar-refractivity contribution < 1.29 is 5.11 Å². The van der Waals surface area contributed by atoms with Gasteiger partial charge in [0.1, 0.15) is 5.82 Å². The number of pyridine rings is 1. The van der Waals surface area contributed by atoms with Crippen molar-refractivity contribution in [2.45, 2.75) is 39.3 Å². The number of nitrogens with zero attached hydrogens (tertiary/aromatic N) is 2. The van der Waals surface area contributed by atoms with E-state index in [2.05, 4.69) is 30.2 Å². The van der Waals surface area contributed by atoms with Gasteiger partial charge in [0.25, 0.3) is 0 Å². The quantitative estimate of drug-likeness (QED) is 0.811. The summed E-state index contributed by atoms with van der Waals surface area (Å²) in [5.74, 6) is 0.921. The van der Waals surface area contributed by atoms with Crippen LogP contribution < -0.4 is 10.2 Å². The molecule has 0 bridgehead atoms. The maximum atomic E-state index is 9.47. The van der Waals surface area contributed by atoms with Gasteiger partial charge < -0.3 is 15.3 Å². The summed E-state index contributed by atoms with van der Waals surface area (Å²) in [6.45, 7) is 9.24. The summed E-state index contributed by atoms with van der Waals surface area (Å²) in [4.78, 5) is 6.51. The fraction of sp³-hybridized carbons (Fsp3) is 0.643. The summed E-state index contributed by atoms with van der Waals surface area (Å²) < 4.78 is 0. The molecule has 0 amide bonds. The van der Waals surface area contributed by atoms with E-state index in [1.54, 1.807) is 6.20 Å². The van der Waals surface area contributed by atoms with Crippen LogP contribution in [-0.2, 0) is 0 Å². The second kappa shape index (κ2) is 6.16. The fourth-order valence-corrected chi connectivity index (χ4v) is 1.84. The van der Waals surface area contributed by atoms with Gasteiger partial charge in [0.2, 0.25) is 0 Å². The first-order valence-corrected chi connectivity index (χ1v) is 6.47. The Kier molecular flexibility index (Phi) is 5.11. The van der Waals surface area contributed by atoms with Crippen molar-refractivity contribution in [3.8, 4) is 0 Å². The normalized spacial score (nSPS) is 13.4. The molecule has 0 fully saturated rings. The number of rotatable bonds is 6. The van der Waals surface area contributed by atoms with Gasteiger partial charge in [-0.1, -0.05) is 13.0 Å². The molecule has 0 aromatic carbocycles. The van der Waals surface area contributed by atoms with Crippen LogP contribution in [0.3, 0.4) is 0 Å². The van der Waals surface area contributed by atoms with E-state index >= 15 is 0 Å². The summed E-state index contributed by atoms with van der Waals surface area (Å²) in [7, 11) is 1.97. The van der Waals surface area contributed by atoms with Crippen LogP contribution in [0.2, 0.25) is 0 Å². The minimum atomic E-state index is -0.324. The van der Waals surface area contributed by atoms with Crippen molar-refractivity contribution in [3.63, 3.8) is 0 Å². The minimum Gasteiger partial charge on any atom is -0.394 e. The third kappa shape index (κ3) is 3.21. The lowest BCUT2D eigenvalue weighted by atomic mass is 10.0. The van der Waals surface area contributed by atoms with Crippen molar-refractivity contribution in [1.29, 1.82) is 0 Å². The number of hydrogen-bond acceptors (Lipinski definition) is 4. The number of aliphatic hydroxyl groups is 1. The first kappa shape index (κ1) is 14.9. The number of aliphatic hydroxyl groups excluding tert-OH is 1. The highest BCUT2D eigenvalue weighted by Crippen LogP contribution is 2.27. The Bertz CT molecular complexity index is 379. The smallest absolute Gasteiger partial charge is 0.133 e. The lowest BCUT2D eigenvalue weighted by molar-refractivity contribution is 0.215. The molecule has 1 atom stereocenters. The maximum absolute atomic E-state index is 9.47. The third-order valence-corrected chi connectivity index (χ3v) is 3.41. The Labute approximate surface area is 110 Å². The van der Waals surface area contributed by atoms with Gasteiger partial charge in [0.05, 0.1) is 12.1 Å². The Morgan fingerprint density at radius 2 is 2.17 bits per heavy atom. The fourth-order valence-electron chi connectivity index (χ4n) is 1.84. The number of hydrogen-bond donors (Lipinski definition) is 2. The van der Waals surface area contributed by atoms with E-state index < -0.39 is 0 Å². The summed E-state index contributed by atoms with van der Waals surface area (Å²) >= 11 is 0. The van der Waals surface area contributed by atoms with Crippen molar-refractivity contribution in [2.24, 2.45) is 0 Å². The Balaban J connectivity index is 3.09. The molecule has 0 aliphatic carbocycles. The van der Waals surface area contributed by atoms with Gasteiger partial charge in [-0.25, -0.2) is 4.98 Å². The molecule has 18 heavy (non-hydrogen) atoms. The third-order valence-electron chi connectivity index (χ3n) is 3.41. The zero-order chi connectivity index (χ0) is 13.8. The molecular formula is C14H25N3O. The van der Waals surface area contributed by atoms with E-state index in [0.717, 1.165) is 17.9 Å². The Morgan fingerprint density at radius 1 is 1.50 bits per heavy atom. The van der Waals surface area contributed by atoms with E-state index in [1.807, 2.05) is 31.9 Å². The molecule has 102 valence electrons. The van der Waals surface area contributed by atoms with Crippen LogP contribution in [0.5, 0.6) is 0 Å². The highest BCUT2D eigenvalue weighted by molar-refractivity contribution is 5.49. The zero-order valence-electron chi connectivity index (χ0n) is 12.1. The molecule has 1 rings (SSSR count). The molecule has 0 aliphatic heterocycles. The highest BCUT2D eigenvalue weighted by atomic mass is 16.3. The molecule has 0 spiro atoms. The molecule has 4 nitrogen and oxygen atoms in total. The number of nitrogens with one attached hydrogen (secondary N) is 1. The van der Waals surface area contributed by atoms with E-state index in [4.69, 9.17) is 0 Å². The average molecular weight is 251 g/mol. The summed E-state index contributed by atoms with van der Waals surface area (Å²) in [6, 6.07) is 4.28. The van der Waals surface area contributed by atoms with E-state index in [0.29, 0.717) is 0 Å². The summed E-state index contributed by atoms with van der Waals surface area (Å²) in [5.41, 5.74) is 0.832. The van der Waals surface area contributed by atoms with Gasteiger partial charge in [-0.05, 0) is 33.4 Å². The predicted octanol–water partition coefficient (Wildman–Crippen LogP) is 1.96. The van der Waals surface area contributed by atoms with Gasteiger partial charge in [-0.3, -0.25) is 0 Å². The van der Waals surface area contributed by atoms with E-state index in [9.17, 15) is 5.11 Å². The topological polar surface area (TPSA) is 48.4 Å². The van der Waals surface area contributed by atoms with Crippen LogP contribution in [0.25, 0.3) is 0 Å². The monoisotopic (exact) mass is 251 g/mol.